The lowest BCUT2D eigenvalue weighted by atomic mass is 9.85. The molecule has 0 aliphatic heterocycles. The van der Waals surface area contributed by atoms with Gasteiger partial charge in [0.25, 0.3) is 0 Å². The summed E-state index contributed by atoms with van der Waals surface area (Å²) in [6.45, 7) is 0.889. The first-order valence-corrected chi connectivity index (χ1v) is 8.69. The molecule has 7 nitrogen and oxygen atoms in total. The second kappa shape index (κ2) is 7.61. The van der Waals surface area contributed by atoms with Crippen LogP contribution in [0.25, 0.3) is 5.65 Å². The molecule has 3 rings (SSSR count). The summed E-state index contributed by atoms with van der Waals surface area (Å²) >= 11 is 0. The number of carbonyl (C=O) groups is 1. The second-order valence-corrected chi connectivity index (χ2v) is 6.54. The third-order valence-corrected chi connectivity index (χ3v) is 4.61. The fourth-order valence-electron chi connectivity index (χ4n) is 3.20. The van der Waals surface area contributed by atoms with Crippen LogP contribution in [0.1, 0.15) is 44.3 Å². The van der Waals surface area contributed by atoms with E-state index in [4.69, 9.17) is 0 Å². The van der Waals surface area contributed by atoms with Gasteiger partial charge in [0, 0.05) is 25.7 Å². The zero-order valence-corrected chi connectivity index (χ0v) is 13.9. The van der Waals surface area contributed by atoms with Crippen LogP contribution in [-0.4, -0.2) is 44.4 Å². The Labute approximate surface area is 141 Å². The average Bonchev–Trinajstić information content (AvgIpc) is 3.01. The Morgan fingerprint density at radius 1 is 1.21 bits per heavy atom. The summed E-state index contributed by atoms with van der Waals surface area (Å²) < 4.78 is 1.96. The standard InChI is InChI=1S/C17H25N5O2/c23-16(19-13-17(24)9-3-1-4-10-17)18-11-6-8-15-21-20-14-7-2-5-12-22(14)15/h2,5,7,12,24H,1,3-4,6,8-11,13H2,(H2,18,19,23). The predicted octanol–water partition coefficient (Wildman–Crippen LogP) is 1.66. The first-order valence-electron chi connectivity index (χ1n) is 8.69. The van der Waals surface area contributed by atoms with Crippen molar-refractivity contribution in [3.8, 4) is 0 Å². The third-order valence-electron chi connectivity index (χ3n) is 4.61. The molecule has 130 valence electrons. The number of aliphatic hydroxyl groups is 1. The Morgan fingerprint density at radius 2 is 2.04 bits per heavy atom. The zero-order chi connectivity index (χ0) is 16.8. The van der Waals surface area contributed by atoms with Gasteiger partial charge in [-0.05, 0) is 31.4 Å². The Morgan fingerprint density at radius 3 is 2.88 bits per heavy atom. The minimum atomic E-state index is -0.726. The van der Waals surface area contributed by atoms with E-state index in [9.17, 15) is 9.90 Å². The van der Waals surface area contributed by atoms with E-state index in [1.54, 1.807) is 0 Å². The highest BCUT2D eigenvalue weighted by Gasteiger charge is 2.29. The van der Waals surface area contributed by atoms with Gasteiger partial charge in [-0.3, -0.25) is 4.40 Å². The number of hydrogen-bond acceptors (Lipinski definition) is 4. The SMILES string of the molecule is O=C(NCCCc1nnc2ccccn12)NCC1(O)CCCCC1. The first kappa shape index (κ1) is 16.7. The minimum Gasteiger partial charge on any atom is -0.388 e. The van der Waals surface area contributed by atoms with Crippen molar-refractivity contribution in [1.82, 2.24) is 25.2 Å². The number of rotatable bonds is 6. The predicted molar refractivity (Wildman–Crippen MR) is 90.7 cm³/mol. The molecule has 0 radical (unpaired) electrons. The van der Waals surface area contributed by atoms with E-state index in [2.05, 4.69) is 20.8 Å². The molecular weight excluding hydrogens is 306 g/mol. The molecule has 0 aromatic carbocycles. The smallest absolute Gasteiger partial charge is 0.314 e. The van der Waals surface area contributed by atoms with E-state index < -0.39 is 5.60 Å². The highest BCUT2D eigenvalue weighted by molar-refractivity contribution is 5.73. The van der Waals surface area contributed by atoms with Gasteiger partial charge in [-0.1, -0.05) is 25.3 Å². The number of fused-ring (bicyclic) bond motifs is 1. The third kappa shape index (κ3) is 4.23. The second-order valence-electron chi connectivity index (χ2n) is 6.54. The van der Waals surface area contributed by atoms with Crippen molar-refractivity contribution in [3.05, 3.63) is 30.2 Å². The normalized spacial score (nSPS) is 16.9. The van der Waals surface area contributed by atoms with Gasteiger partial charge in [0.05, 0.1) is 5.60 Å². The number of carbonyl (C=O) groups excluding carboxylic acids is 1. The molecule has 2 heterocycles. The molecule has 24 heavy (non-hydrogen) atoms. The number of nitrogens with one attached hydrogen (secondary N) is 2. The molecule has 3 N–H and O–H groups in total. The van der Waals surface area contributed by atoms with Crippen LogP contribution in [0, 0.1) is 0 Å². The van der Waals surface area contributed by atoms with Crippen LogP contribution < -0.4 is 10.6 Å². The van der Waals surface area contributed by atoms with Gasteiger partial charge in [-0.15, -0.1) is 10.2 Å². The lowest BCUT2D eigenvalue weighted by Crippen LogP contribution is -2.47. The van der Waals surface area contributed by atoms with Crippen LogP contribution in [0.2, 0.25) is 0 Å². The number of urea groups is 1. The van der Waals surface area contributed by atoms with Crippen molar-refractivity contribution in [2.24, 2.45) is 0 Å². The fourth-order valence-corrected chi connectivity index (χ4v) is 3.20. The lowest BCUT2D eigenvalue weighted by Gasteiger charge is -2.32. The molecule has 0 unspecified atom stereocenters. The summed E-state index contributed by atoms with van der Waals surface area (Å²) in [5.41, 5.74) is 0.106. The summed E-state index contributed by atoms with van der Waals surface area (Å²) in [4.78, 5) is 11.8. The molecule has 7 heteroatoms. The Balaban J connectivity index is 1.36. The largest absolute Gasteiger partial charge is 0.388 e. The highest BCUT2D eigenvalue weighted by Crippen LogP contribution is 2.27. The Bertz CT molecular complexity index is 678. The van der Waals surface area contributed by atoms with Crippen molar-refractivity contribution >= 4 is 11.7 Å². The van der Waals surface area contributed by atoms with Gasteiger partial charge in [0.15, 0.2) is 5.65 Å². The summed E-state index contributed by atoms with van der Waals surface area (Å²) in [5, 5.41) is 24.2. The summed E-state index contributed by atoms with van der Waals surface area (Å²) in [7, 11) is 0. The molecular formula is C17H25N5O2. The van der Waals surface area contributed by atoms with Crippen molar-refractivity contribution in [2.75, 3.05) is 13.1 Å². The number of aryl methyl sites for hydroxylation is 1. The Kier molecular flexibility index (Phi) is 5.30. The number of hydrogen-bond donors (Lipinski definition) is 3. The van der Waals surface area contributed by atoms with Gasteiger partial charge in [-0.2, -0.15) is 0 Å². The van der Waals surface area contributed by atoms with Crippen LogP contribution in [0.4, 0.5) is 4.79 Å². The molecule has 0 atom stereocenters. The van der Waals surface area contributed by atoms with E-state index in [1.807, 2.05) is 28.8 Å². The molecule has 0 saturated heterocycles. The van der Waals surface area contributed by atoms with Gasteiger partial charge < -0.3 is 15.7 Å². The maximum Gasteiger partial charge on any atom is 0.314 e. The monoisotopic (exact) mass is 331 g/mol. The van der Waals surface area contributed by atoms with E-state index in [0.717, 1.165) is 50.0 Å². The Hall–Kier alpha value is -2.15. The molecule has 1 saturated carbocycles. The molecule has 2 amide bonds. The van der Waals surface area contributed by atoms with Crippen LogP contribution in [-0.2, 0) is 6.42 Å². The average molecular weight is 331 g/mol. The van der Waals surface area contributed by atoms with E-state index in [1.165, 1.54) is 6.42 Å². The molecule has 1 fully saturated rings. The maximum absolute atomic E-state index is 11.8. The summed E-state index contributed by atoms with van der Waals surface area (Å²) in [6, 6.07) is 5.57. The van der Waals surface area contributed by atoms with Crippen LogP contribution in [0.15, 0.2) is 24.4 Å². The van der Waals surface area contributed by atoms with Crippen LogP contribution in [0.3, 0.4) is 0 Å². The summed E-state index contributed by atoms with van der Waals surface area (Å²) in [5.74, 6) is 0.893. The molecule has 1 aliphatic rings. The van der Waals surface area contributed by atoms with E-state index in [0.29, 0.717) is 13.1 Å². The highest BCUT2D eigenvalue weighted by atomic mass is 16.3. The maximum atomic E-state index is 11.8. The summed E-state index contributed by atoms with van der Waals surface area (Å²) in [6.07, 6.45) is 8.25. The number of aromatic nitrogens is 3. The quantitative estimate of drug-likeness (QED) is 0.702. The van der Waals surface area contributed by atoms with Crippen molar-refractivity contribution in [3.63, 3.8) is 0 Å². The van der Waals surface area contributed by atoms with Crippen molar-refractivity contribution in [1.29, 1.82) is 0 Å². The zero-order valence-electron chi connectivity index (χ0n) is 13.9. The number of pyridine rings is 1. The van der Waals surface area contributed by atoms with Gasteiger partial charge in [-0.25, -0.2) is 4.79 Å². The van der Waals surface area contributed by atoms with Gasteiger partial charge >= 0.3 is 6.03 Å². The molecule has 2 aromatic heterocycles. The topological polar surface area (TPSA) is 91.6 Å². The van der Waals surface area contributed by atoms with Crippen LogP contribution >= 0.6 is 0 Å². The van der Waals surface area contributed by atoms with Gasteiger partial charge in [0.1, 0.15) is 5.82 Å². The molecule has 1 aliphatic carbocycles. The number of nitrogens with zero attached hydrogens (tertiary/aromatic N) is 3. The first-order chi connectivity index (χ1) is 11.7. The molecule has 2 aromatic rings. The van der Waals surface area contributed by atoms with Crippen molar-refractivity contribution < 1.29 is 9.90 Å². The number of amides is 2. The molecule has 0 spiro atoms. The fraction of sp³-hybridized carbons (Fsp3) is 0.588. The van der Waals surface area contributed by atoms with E-state index >= 15 is 0 Å². The molecule has 0 bridgehead atoms. The van der Waals surface area contributed by atoms with Crippen molar-refractivity contribution in [2.45, 2.75) is 50.5 Å². The van der Waals surface area contributed by atoms with Crippen LogP contribution in [0.5, 0.6) is 0 Å². The minimum absolute atomic E-state index is 0.222. The van der Waals surface area contributed by atoms with Gasteiger partial charge in [0.2, 0.25) is 0 Å². The van der Waals surface area contributed by atoms with E-state index in [-0.39, 0.29) is 6.03 Å². The lowest BCUT2D eigenvalue weighted by molar-refractivity contribution is 0.00720.